The number of likely N-dealkylation sites (N-methyl/N-ethyl adjacent to an activating group) is 1. The van der Waals surface area contributed by atoms with E-state index in [9.17, 15) is 13.2 Å². The van der Waals surface area contributed by atoms with Crippen molar-refractivity contribution in [3.05, 3.63) is 24.8 Å². The van der Waals surface area contributed by atoms with Crippen molar-refractivity contribution in [1.29, 1.82) is 0 Å². The Labute approximate surface area is 171 Å². The summed E-state index contributed by atoms with van der Waals surface area (Å²) in [5.74, 6) is -0.152. The van der Waals surface area contributed by atoms with Crippen molar-refractivity contribution >= 4 is 21.8 Å². The molecule has 0 spiro atoms. The number of amidine groups is 1. The predicted octanol–water partition coefficient (Wildman–Crippen LogP) is 2.37. The molecular weight excluding hydrogens is 378 g/mol. The summed E-state index contributed by atoms with van der Waals surface area (Å²) in [6, 6.07) is 0. The molecule has 0 heterocycles. The monoisotopic (exact) mass is 413 g/mol. The SMILES string of the molecule is C#C.C=CCS(=O)(=O)NC(C/C=C\C)=NCCOC(=O)CN(CC)CCCC. The highest BCUT2D eigenvalue weighted by atomic mass is 32.2. The van der Waals surface area contributed by atoms with Gasteiger partial charge in [0.05, 0.1) is 18.8 Å². The summed E-state index contributed by atoms with van der Waals surface area (Å²) in [6.45, 7) is 11.6. The molecule has 0 aromatic carbocycles. The van der Waals surface area contributed by atoms with Gasteiger partial charge >= 0.3 is 5.97 Å². The number of sulfonamides is 1. The zero-order chi connectivity index (χ0) is 21.8. The van der Waals surface area contributed by atoms with Crippen LogP contribution in [-0.4, -0.2) is 63.7 Å². The quantitative estimate of drug-likeness (QED) is 0.118. The fourth-order valence-corrected chi connectivity index (χ4v) is 2.94. The average molecular weight is 414 g/mol. The number of nitrogens with one attached hydrogen (secondary N) is 1. The molecule has 7 nitrogen and oxygen atoms in total. The Morgan fingerprint density at radius 2 is 2.00 bits per heavy atom. The molecule has 1 N–H and O–H groups in total. The van der Waals surface area contributed by atoms with Crippen LogP contribution in [0.4, 0.5) is 0 Å². The second kappa shape index (κ2) is 18.3. The van der Waals surface area contributed by atoms with E-state index in [4.69, 9.17) is 4.74 Å². The average Bonchev–Trinajstić information content (AvgIpc) is 2.67. The van der Waals surface area contributed by atoms with E-state index in [0.29, 0.717) is 12.3 Å². The van der Waals surface area contributed by atoms with Crippen LogP contribution in [0.3, 0.4) is 0 Å². The second-order valence-electron chi connectivity index (χ2n) is 5.72. The van der Waals surface area contributed by atoms with E-state index in [2.05, 4.69) is 36.1 Å². The maximum Gasteiger partial charge on any atom is 0.320 e. The number of aliphatic imine (C=N–C) groups is 1. The summed E-state index contributed by atoms with van der Waals surface area (Å²) in [7, 11) is -3.49. The number of rotatable bonds is 14. The van der Waals surface area contributed by atoms with Crippen LogP contribution in [0.1, 0.15) is 40.0 Å². The number of hydrogen-bond donors (Lipinski definition) is 1. The molecule has 0 aliphatic heterocycles. The van der Waals surface area contributed by atoms with Crippen LogP contribution in [0.25, 0.3) is 0 Å². The van der Waals surface area contributed by atoms with Crippen molar-refractivity contribution in [1.82, 2.24) is 9.62 Å². The van der Waals surface area contributed by atoms with Gasteiger partial charge in [-0.25, -0.2) is 8.42 Å². The second-order valence-corrected chi connectivity index (χ2v) is 7.48. The van der Waals surface area contributed by atoms with Crippen LogP contribution in [0.15, 0.2) is 29.8 Å². The number of ether oxygens (including phenoxy) is 1. The molecule has 0 aromatic heterocycles. The summed E-state index contributed by atoms with van der Waals surface area (Å²) >= 11 is 0. The first-order valence-electron chi connectivity index (χ1n) is 9.35. The number of unbranched alkanes of at least 4 members (excludes halogenated alkanes) is 1. The van der Waals surface area contributed by atoms with E-state index in [1.165, 1.54) is 6.08 Å². The van der Waals surface area contributed by atoms with E-state index in [0.717, 1.165) is 25.9 Å². The molecule has 0 saturated heterocycles. The first-order chi connectivity index (χ1) is 13.4. The lowest BCUT2D eigenvalue weighted by atomic mass is 10.3. The maximum atomic E-state index is 11.9. The molecule has 8 heteroatoms. The molecule has 0 aromatic rings. The first kappa shape index (κ1) is 28.1. The Balaban J connectivity index is 0. The number of carbonyl (C=O) groups excluding carboxylic acids is 1. The summed E-state index contributed by atoms with van der Waals surface area (Å²) < 4.78 is 31.2. The van der Waals surface area contributed by atoms with E-state index in [1.807, 2.05) is 24.8 Å². The lowest BCUT2D eigenvalue weighted by Crippen LogP contribution is -2.33. The third kappa shape index (κ3) is 16.1. The molecule has 0 unspecified atom stereocenters. The third-order valence-corrected chi connectivity index (χ3v) is 4.66. The van der Waals surface area contributed by atoms with Gasteiger partial charge in [0.25, 0.3) is 0 Å². The minimum absolute atomic E-state index is 0.118. The van der Waals surface area contributed by atoms with E-state index < -0.39 is 10.0 Å². The summed E-state index contributed by atoms with van der Waals surface area (Å²) in [4.78, 5) is 18.1. The molecule has 0 fully saturated rings. The molecule has 0 aliphatic rings. The molecule has 0 rings (SSSR count). The Bertz CT molecular complexity index is 610. The van der Waals surface area contributed by atoms with Crippen LogP contribution >= 0.6 is 0 Å². The summed E-state index contributed by atoms with van der Waals surface area (Å²) in [6.07, 6.45) is 15.4. The van der Waals surface area contributed by atoms with Crippen LogP contribution < -0.4 is 4.72 Å². The number of nitrogens with zero attached hydrogens (tertiary/aromatic N) is 2. The van der Waals surface area contributed by atoms with Gasteiger partial charge in [-0.05, 0) is 26.4 Å². The number of allylic oxidation sites excluding steroid dienone is 1. The van der Waals surface area contributed by atoms with Gasteiger partial charge in [-0.3, -0.25) is 19.4 Å². The third-order valence-electron chi connectivity index (χ3n) is 3.44. The number of terminal acetylenes is 1. The molecule has 0 bridgehead atoms. The maximum absolute atomic E-state index is 11.9. The van der Waals surface area contributed by atoms with Crippen LogP contribution in [0.2, 0.25) is 0 Å². The van der Waals surface area contributed by atoms with Crippen molar-refractivity contribution in [2.45, 2.75) is 40.0 Å². The lowest BCUT2D eigenvalue weighted by molar-refractivity contribution is -0.144. The van der Waals surface area contributed by atoms with Crippen molar-refractivity contribution in [3.8, 4) is 12.8 Å². The Kier molecular flexibility index (Phi) is 18.3. The van der Waals surface area contributed by atoms with Crippen molar-refractivity contribution in [2.75, 3.05) is 38.5 Å². The molecule has 0 aliphatic carbocycles. The highest BCUT2D eigenvalue weighted by Gasteiger charge is 2.11. The molecule has 160 valence electrons. The summed E-state index contributed by atoms with van der Waals surface area (Å²) in [5, 5.41) is 0. The molecule has 0 amide bonds. The fraction of sp³-hybridized carbons (Fsp3) is 0.600. The van der Waals surface area contributed by atoms with Gasteiger partial charge in [0.1, 0.15) is 12.4 Å². The topological polar surface area (TPSA) is 88.1 Å². The highest BCUT2D eigenvalue weighted by Crippen LogP contribution is 1.96. The molecule has 0 atom stereocenters. The highest BCUT2D eigenvalue weighted by molar-refractivity contribution is 7.90. The normalized spacial score (nSPS) is 11.7. The van der Waals surface area contributed by atoms with Crippen molar-refractivity contribution < 1.29 is 17.9 Å². The zero-order valence-electron chi connectivity index (χ0n) is 17.4. The van der Waals surface area contributed by atoms with Gasteiger partial charge in [-0.1, -0.05) is 38.5 Å². The fourth-order valence-electron chi connectivity index (χ4n) is 2.04. The molecule has 0 saturated carbocycles. The van der Waals surface area contributed by atoms with Gasteiger partial charge in [-0.2, -0.15) is 0 Å². The van der Waals surface area contributed by atoms with Crippen LogP contribution in [-0.2, 0) is 19.6 Å². The largest absolute Gasteiger partial charge is 0.463 e. The molecule has 28 heavy (non-hydrogen) atoms. The van der Waals surface area contributed by atoms with Gasteiger partial charge in [0, 0.05) is 6.42 Å². The van der Waals surface area contributed by atoms with Crippen molar-refractivity contribution in [3.63, 3.8) is 0 Å². The zero-order valence-corrected chi connectivity index (χ0v) is 18.2. The smallest absolute Gasteiger partial charge is 0.320 e. The van der Waals surface area contributed by atoms with E-state index in [1.54, 1.807) is 6.08 Å². The van der Waals surface area contributed by atoms with E-state index in [-0.39, 0.29) is 31.4 Å². The minimum Gasteiger partial charge on any atom is -0.463 e. The van der Waals surface area contributed by atoms with Crippen molar-refractivity contribution in [2.24, 2.45) is 4.99 Å². The van der Waals surface area contributed by atoms with Crippen LogP contribution in [0.5, 0.6) is 0 Å². The first-order valence-corrected chi connectivity index (χ1v) is 11.0. The Morgan fingerprint density at radius 3 is 2.54 bits per heavy atom. The van der Waals surface area contributed by atoms with Crippen LogP contribution in [0, 0.1) is 12.8 Å². The lowest BCUT2D eigenvalue weighted by Gasteiger charge is -2.18. The number of esters is 1. The van der Waals surface area contributed by atoms with Gasteiger partial charge in [0.2, 0.25) is 10.0 Å². The minimum atomic E-state index is -3.49. The number of hydrogen-bond acceptors (Lipinski definition) is 6. The standard InChI is InChI=1S/C18H33N3O4S.C2H2/c1-5-9-11-17(20-26(23,24)15-7-3)19-12-14-25-18(22)16-21(8-4)13-10-6-2;1-2/h5,7,9H,3,6,8,10-16H2,1-2,4H3,(H,19,20);1-2H/b9-5-;. The van der Waals surface area contributed by atoms with Gasteiger partial charge in [0.15, 0.2) is 0 Å². The summed E-state index contributed by atoms with van der Waals surface area (Å²) in [5.41, 5.74) is 0. The number of carbonyl (C=O) groups is 1. The molecule has 0 radical (unpaired) electrons. The van der Waals surface area contributed by atoms with Gasteiger partial charge in [-0.15, -0.1) is 19.4 Å². The molecular formula is C20H35N3O4S. The van der Waals surface area contributed by atoms with E-state index >= 15 is 0 Å². The predicted molar refractivity (Wildman–Crippen MR) is 117 cm³/mol. The Morgan fingerprint density at radius 1 is 1.32 bits per heavy atom. The Hall–Kier alpha value is -2.11. The van der Waals surface area contributed by atoms with Gasteiger partial charge < -0.3 is 4.74 Å².